The molecule has 1 atom stereocenters. The van der Waals surface area contributed by atoms with E-state index in [2.05, 4.69) is 11.8 Å². The smallest absolute Gasteiger partial charge is 0.233 e. The summed E-state index contributed by atoms with van der Waals surface area (Å²) in [6.45, 7) is 4.46. The minimum atomic E-state index is -0.358. The molecule has 2 N–H and O–H groups in total. The molecule has 1 aromatic carbocycles. The summed E-state index contributed by atoms with van der Waals surface area (Å²) in [6, 6.07) is 7.91. The van der Waals surface area contributed by atoms with Gasteiger partial charge in [-0.25, -0.2) is 0 Å². The van der Waals surface area contributed by atoms with Crippen molar-refractivity contribution in [2.75, 3.05) is 19.6 Å². The molecule has 1 unspecified atom stereocenters. The van der Waals surface area contributed by atoms with E-state index in [4.69, 9.17) is 17.3 Å². The minimum absolute atomic E-state index is 0. The van der Waals surface area contributed by atoms with Gasteiger partial charge in [-0.05, 0) is 48.9 Å². The summed E-state index contributed by atoms with van der Waals surface area (Å²) >= 11 is 6.05. The summed E-state index contributed by atoms with van der Waals surface area (Å²) in [5, 5.41) is 0.726. The van der Waals surface area contributed by atoms with Gasteiger partial charge >= 0.3 is 0 Å². The lowest BCUT2D eigenvalue weighted by atomic mass is 9.68. The summed E-state index contributed by atoms with van der Waals surface area (Å²) in [5.41, 5.74) is 6.77. The first kappa shape index (κ1) is 19.6. The van der Waals surface area contributed by atoms with Crippen molar-refractivity contribution < 1.29 is 4.79 Å². The van der Waals surface area contributed by atoms with E-state index in [9.17, 15) is 4.79 Å². The highest BCUT2D eigenvalue weighted by Gasteiger charge is 2.46. The van der Waals surface area contributed by atoms with E-state index in [1.807, 2.05) is 24.3 Å². The molecule has 0 radical (unpaired) electrons. The predicted molar refractivity (Wildman–Crippen MR) is 102 cm³/mol. The molecule has 1 amide bonds. The van der Waals surface area contributed by atoms with Gasteiger partial charge in [0.2, 0.25) is 5.91 Å². The third-order valence-electron chi connectivity index (χ3n) is 5.85. The Kier molecular flexibility index (Phi) is 6.22. The highest BCUT2D eigenvalue weighted by molar-refractivity contribution is 6.30. The second-order valence-corrected chi connectivity index (χ2v) is 8.08. The molecule has 1 saturated heterocycles. The topological polar surface area (TPSA) is 46.3 Å². The first-order chi connectivity index (χ1) is 11.0. The molecule has 5 heteroatoms. The van der Waals surface area contributed by atoms with Gasteiger partial charge in [-0.1, -0.05) is 49.9 Å². The Morgan fingerprint density at radius 3 is 2.33 bits per heavy atom. The fraction of sp³-hybridized carbons (Fsp3) is 0.632. The predicted octanol–water partition coefficient (Wildman–Crippen LogP) is 4.16. The number of carbonyl (C=O) groups excluding carboxylic acids is 1. The van der Waals surface area contributed by atoms with Crippen LogP contribution < -0.4 is 5.73 Å². The number of hydrogen-bond acceptors (Lipinski definition) is 2. The van der Waals surface area contributed by atoms with Crippen molar-refractivity contribution in [3.8, 4) is 0 Å². The standard InChI is InChI=1S/C19H27ClN2O.ClH/c1-18(13-21)11-12-22(14-18)17(23)19(9-3-2-4-10-19)15-5-7-16(20)8-6-15;/h5-8H,2-4,9-14,21H2,1H3;1H. The molecule has 0 spiro atoms. The first-order valence-corrected chi connectivity index (χ1v) is 9.12. The molecule has 2 fully saturated rings. The van der Waals surface area contributed by atoms with E-state index in [-0.39, 0.29) is 23.2 Å². The second-order valence-electron chi connectivity index (χ2n) is 7.64. The second kappa shape index (κ2) is 7.63. The van der Waals surface area contributed by atoms with Crippen LogP contribution in [0, 0.1) is 5.41 Å². The average molecular weight is 371 g/mol. The van der Waals surface area contributed by atoms with Gasteiger partial charge < -0.3 is 10.6 Å². The van der Waals surface area contributed by atoms with Crippen LogP contribution in [0.15, 0.2) is 24.3 Å². The quantitative estimate of drug-likeness (QED) is 0.867. The van der Waals surface area contributed by atoms with Gasteiger partial charge in [-0.3, -0.25) is 4.79 Å². The Morgan fingerprint density at radius 1 is 1.17 bits per heavy atom. The zero-order valence-electron chi connectivity index (χ0n) is 14.4. The van der Waals surface area contributed by atoms with E-state index < -0.39 is 0 Å². The number of rotatable bonds is 3. The van der Waals surface area contributed by atoms with Crippen molar-refractivity contribution in [2.45, 2.75) is 50.9 Å². The van der Waals surface area contributed by atoms with Crippen LogP contribution in [-0.2, 0) is 10.2 Å². The molecule has 134 valence electrons. The number of amides is 1. The Labute approximate surface area is 156 Å². The summed E-state index contributed by atoms with van der Waals surface area (Å²) in [7, 11) is 0. The van der Waals surface area contributed by atoms with Crippen LogP contribution in [0.3, 0.4) is 0 Å². The first-order valence-electron chi connectivity index (χ1n) is 8.75. The molecule has 3 nitrogen and oxygen atoms in total. The number of likely N-dealkylation sites (tertiary alicyclic amines) is 1. The van der Waals surface area contributed by atoms with Crippen molar-refractivity contribution in [2.24, 2.45) is 11.1 Å². The van der Waals surface area contributed by atoms with Crippen molar-refractivity contribution in [3.05, 3.63) is 34.9 Å². The van der Waals surface area contributed by atoms with Crippen molar-refractivity contribution in [1.82, 2.24) is 4.90 Å². The Morgan fingerprint density at radius 2 is 1.79 bits per heavy atom. The molecular weight excluding hydrogens is 343 g/mol. The largest absolute Gasteiger partial charge is 0.341 e. The number of carbonyl (C=O) groups is 1. The fourth-order valence-electron chi connectivity index (χ4n) is 4.22. The number of benzene rings is 1. The molecule has 1 saturated carbocycles. The lowest BCUT2D eigenvalue weighted by molar-refractivity contribution is -0.138. The van der Waals surface area contributed by atoms with Crippen LogP contribution in [-0.4, -0.2) is 30.4 Å². The van der Waals surface area contributed by atoms with E-state index in [0.717, 1.165) is 55.8 Å². The van der Waals surface area contributed by atoms with Gasteiger partial charge in [0.25, 0.3) is 0 Å². The van der Waals surface area contributed by atoms with Crippen LogP contribution in [0.25, 0.3) is 0 Å². The highest BCUT2D eigenvalue weighted by Crippen LogP contribution is 2.43. The number of nitrogens with two attached hydrogens (primary N) is 1. The van der Waals surface area contributed by atoms with Crippen LogP contribution in [0.1, 0.15) is 51.0 Å². The van der Waals surface area contributed by atoms with Crippen molar-refractivity contribution in [3.63, 3.8) is 0 Å². The minimum Gasteiger partial charge on any atom is -0.341 e. The maximum Gasteiger partial charge on any atom is 0.233 e. The lowest BCUT2D eigenvalue weighted by Crippen LogP contribution is -2.48. The van der Waals surface area contributed by atoms with Crippen LogP contribution >= 0.6 is 24.0 Å². The maximum absolute atomic E-state index is 13.5. The third-order valence-corrected chi connectivity index (χ3v) is 6.10. The molecule has 0 bridgehead atoms. The Hall–Kier alpha value is -0.770. The molecule has 2 aliphatic rings. The van der Waals surface area contributed by atoms with Crippen LogP contribution in [0.5, 0.6) is 0 Å². The summed E-state index contributed by atoms with van der Waals surface area (Å²) < 4.78 is 0. The van der Waals surface area contributed by atoms with Gasteiger partial charge in [0.15, 0.2) is 0 Å². The summed E-state index contributed by atoms with van der Waals surface area (Å²) in [5.74, 6) is 0.302. The Bertz CT molecular complexity index is 569. The van der Waals surface area contributed by atoms with E-state index >= 15 is 0 Å². The van der Waals surface area contributed by atoms with Crippen LogP contribution in [0.2, 0.25) is 5.02 Å². The van der Waals surface area contributed by atoms with Gasteiger partial charge in [0, 0.05) is 18.1 Å². The van der Waals surface area contributed by atoms with Crippen molar-refractivity contribution in [1.29, 1.82) is 0 Å². The Balaban J connectivity index is 0.00000208. The number of nitrogens with zero attached hydrogens (tertiary/aromatic N) is 1. The SMILES string of the molecule is CC1(CN)CCN(C(=O)C2(c3ccc(Cl)cc3)CCCCC2)C1.Cl. The number of halogens is 2. The van der Waals surface area contributed by atoms with Gasteiger partial charge in [0.1, 0.15) is 0 Å². The van der Waals surface area contributed by atoms with E-state index in [0.29, 0.717) is 12.5 Å². The normalized spacial score (nSPS) is 26.0. The van der Waals surface area contributed by atoms with Gasteiger partial charge in [0.05, 0.1) is 5.41 Å². The highest BCUT2D eigenvalue weighted by atomic mass is 35.5. The van der Waals surface area contributed by atoms with Gasteiger partial charge in [-0.15, -0.1) is 12.4 Å². The van der Waals surface area contributed by atoms with Crippen molar-refractivity contribution >= 4 is 29.9 Å². The average Bonchev–Trinajstić information content (AvgIpc) is 2.98. The molecule has 24 heavy (non-hydrogen) atoms. The molecular formula is C19H28Cl2N2O. The maximum atomic E-state index is 13.5. The summed E-state index contributed by atoms with van der Waals surface area (Å²) in [4.78, 5) is 15.5. The molecule has 1 heterocycles. The summed E-state index contributed by atoms with van der Waals surface area (Å²) in [6.07, 6.45) is 6.37. The van der Waals surface area contributed by atoms with E-state index in [1.165, 1.54) is 6.42 Å². The molecule has 1 aliphatic carbocycles. The van der Waals surface area contributed by atoms with Crippen LogP contribution in [0.4, 0.5) is 0 Å². The monoisotopic (exact) mass is 370 g/mol. The van der Waals surface area contributed by atoms with Gasteiger partial charge in [-0.2, -0.15) is 0 Å². The molecule has 0 aromatic heterocycles. The zero-order valence-corrected chi connectivity index (χ0v) is 16.0. The lowest BCUT2D eigenvalue weighted by Gasteiger charge is -2.39. The molecule has 1 aliphatic heterocycles. The zero-order chi connectivity index (χ0) is 16.5. The molecule has 1 aromatic rings. The van der Waals surface area contributed by atoms with E-state index in [1.54, 1.807) is 0 Å². The molecule has 3 rings (SSSR count). The number of hydrogen-bond donors (Lipinski definition) is 1. The third kappa shape index (κ3) is 3.58. The fourth-order valence-corrected chi connectivity index (χ4v) is 4.34.